The van der Waals surface area contributed by atoms with Crippen molar-refractivity contribution in [3.05, 3.63) is 34.9 Å². The molecule has 1 aromatic rings. The molecule has 0 saturated heterocycles. The zero-order chi connectivity index (χ0) is 14.4. The highest BCUT2D eigenvalue weighted by atomic mass is 15.1. The lowest BCUT2D eigenvalue weighted by Gasteiger charge is -2.28. The molecule has 2 heteroatoms. The largest absolute Gasteiger partial charge is 0.309 e. The van der Waals surface area contributed by atoms with Crippen LogP contribution >= 0.6 is 0 Å². The third-order valence-electron chi connectivity index (χ3n) is 3.64. The maximum absolute atomic E-state index is 3.68. The van der Waals surface area contributed by atoms with Crippen LogP contribution in [-0.4, -0.2) is 31.1 Å². The molecule has 0 saturated carbocycles. The second-order valence-electron chi connectivity index (χ2n) is 5.96. The van der Waals surface area contributed by atoms with Crippen molar-refractivity contribution < 1.29 is 0 Å². The third kappa shape index (κ3) is 5.33. The lowest BCUT2D eigenvalue weighted by molar-refractivity contribution is 0.242. The number of nitrogens with zero attached hydrogens (tertiary/aromatic N) is 1. The summed E-state index contributed by atoms with van der Waals surface area (Å²) in [6.45, 7) is 13.2. The molecular weight excluding hydrogens is 232 g/mol. The topological polar surface area (TPSA) is 15.3 Å². The second-order valence-corrected chi connectivity index (χ2v) is 5.96. The maximum Gasteiger partial charge on any atom is 0.0449 e. The number of aryl methyl sites for hydroxylation is 2. The van der Waals surface area contributed by atoms with Crippen LogP contribution in [0.3, 0.4) is 0 Å². The van der Waals surface area contributed by atoms with Crippen molar-refractivity contribution in [1.82, 2.24) is 10.2 Å². The fraction of sp³-hybridized carbons (Fsp3) is 0.647. The number of hydrogen-bond donors (Lipinski definition) is 1. The Morgan fingerprint density at radius 1 is 1.11 bits per heavy atom. The summed E-state index contributed by atoms with van der Waals surface area (Å²) in [5.41, 5.74) is 4.12. The molecule has 1 aromatic carbocycles. The molecule has 0 amide bonds. The molecule has 0 aliphatic heterocycles. The van der Waals surface area contributed by atoms with Crippen LogP contribution < -0.4 is 5.32 Å². The van der Waals surface area contributed by atoms with Gasteiger partial charge in [0.05, 0.1) is 0 Å². The average Bonchev–Trinajstić information content (AvgIpc) is 2.32. The lowest BCUT2D eigenvalue weighted by atomic mass is 10.0. The van der Waals surface area contributed by atoms with Crippen LogP contribution in [0.1, 0.15) is 49.9 Å². The van der Waals surface area contributed by atoms with Gasteiger partial charge in [-0.3, -0.25) is 0 Å². The summed E-state index contributed by atoms with van der Waals surface area (Å²) < 4.78 is 0. The van der Waals surface area contributed by atoms with Gasteiger partial charge in [-0.15, -0.1) is 0 Å². The second kappa shape index (κ2) is 7.66. The van der Waals surface area contributed by atoms with Crippen molar-refractivity contribution in [3.63, 3.8) is 0 Å². The van der Waals surface area contributed by atoms with Gasteiger partial charge < -0.3 is 10.2 Å². The van der Waals surface area contributed by atoms with E-state index in [1.54, 1.807) is 0 Å². The normalized spacial score (nSPS) is 13.3. The quantitative estimate of drug-likeness (QED) is 0.806. The predicted octanol–water partition coefficient (Wildman–Crippen LogP) is 3.68. The molecule has 0 aliphatic carbocycles. The molecule has 0 aliphatic rings. The van der Waals surface area contributed by atoms with E-state index in [1.165, 1.54) is 23.1 Å². The van der Waals surface area contributed by atoms with Crippen molar-refractivity contribution in [2.24, 2.45) is 0 Å². The summed E-state index contributed by atoms with van der Waals surface area (Å²) in [7, 11) is 2.20. The molecule has 1 unspecified atom stereocenters. The van der Waals surface area contributed by atoms with Crippen LogP contribution in [0.5, 0.6) is 0 Å². The van der Waals surface area contributed by atoms with Crippen molar-refractivity contribution in [2.75, 3.05) is 20.1 Å². The van der Waals surface area contributed by atoms with Gasteiger partial charge in [0.15, 0.2) is 0 Å². The van der Waals surface area contributed by atoms with Crippen LogP contribution in [0.25, 0.3) is 0 Å². The zero-order valence-corrected chi connectivity index (χ0v) is 13.5. The fourth-order valence-corrected chi connectivity index (χ4v) is 2.32. The summed E-state index contributed by atoms with van der Waals surface area (Å²) in [6.07, 6.45) is 1.17. The third-order valence-corrected chi connectivity index (χ3v) is 3.64. The molecule has 0 heterocycles. The van der Waals surface area contributed by atoms with E-state index in [2.05, 4.69) is 70.1 Å². The van der Waals surface area contributed by atoms with Gasteiger partial charge in [-0.05, 0) is 53.3 Å². The molecule has 1 atom stereocenters. The number of hydrogen-bond acceptors (Lipinski definition) is 2. The molecule has 19 heavy (non-hydrogen) atoms. The molecule has 0 aromatic heterocycles. The van der Waals surface area contributed by atoms with Crippen LogP contribution in [0.2, 0.25) is 0 Å². The first-order chi connectivity index (χ1) is 8.93. The number of rotatable bonds is 7. The SMILES string of the molecule is CCCNC(CN(C)C(C)C)c1cc(C)cc(C)c1. The molecule has 0 spiro atoms. The highest BCUT2D eigenvalue weighted by Gasteiger charge is 2.15. The first-order valence-corrected chi connectivity index (χ1v) is 7.45. The van der Waals surface area contributed by atoms with Gasteiger partial charge in [0, 0.05) is 18.6 Å². The molecule has 0 radical (unpaired) electrons. The van der Waals surface area contributed by atoms with E-state index in [-0.39, 0.29) is 0 Å². The Morgan fingerprint density at radius 2 is 1.68 bits per heavy atom. The molecular formula is C17H30N2. The van der Waals surface area contributed by atoms with Crippen molar-refractivity contribution in [2.45, 2.75) is 53.1 Å². The highest BCUT2D eigenvalue weighted by Crippen LogP contribution is 2.18. The number of nitrogens with one attached hydrogen (secondary N) is 1. The summed E-state index contributed by atoms with van der Waals surface area (Å²) in [5.74, 6) is 0. The van der Waals surface area contributed by atoms with Crippen LogP contribution in [0.4, 0.5) is 0 Å². The van der Waals surface area contributed by atoms with Gasteiger partial charge in [0.2, 0.25) is 0 Å². The summed E-state index contributed by atoms with van der Waals surface area (Å²) in [4.78, 5) is 2.41. The molecule has 0 bridgehead atoms. The molecule has 1 rings (SSSR count). The molecule has 0 fully saturated rings. The van der Waals surface area contributed by atoms with Crippen LogP contribution in [-0.2, 0) is 0 Å². The summed E-state index contributed by atoms with van der Waals surface area (Å²) in [5, 5.41) is 3.68. The van der Waals surface area contributed by atoms with E-state index in [0.717, 1.165) is 13.1 Å². The van der Waals surface area contributed by atoms with E-state index in [4.69, 9.17) is 0 Å². The van der Waals surface area contributed by atoms with Gasteiger partial charge in [0.1, 0.15) is 0 Å². The van der Waals surface area contributed by atoms with Gasteiger partial charge >= 0.3 is 0 Å². The Labute approximate surface area is 119 Å². The van der Waals surface area contributed by atoms with Crippen molar-refractivity contribution >= 4 is 0 Å². The van der Waals surface area contributed by atoms with Gasteiger partial charge in [-0.2, -0.15) is 0 Å². The van der Waals surface area contributed by atoms with E-state index in [1.807, 2.05) is 0 Å². The lowest BCUT2D eigenvalue weighted by Crippen LogP contribution is -2.37. The first-order valence-electron chi connectivity index (χ1n) is 7.45. The minimum absolute atomic E-state index is 0.422. The minimum Gasteiger partial charge on any atom is -0.309 e. The summed E-state index contributed by atoms with van der Waals surface area (Å²) in [6, 6.07) is 7.87. The smallest absolute Gasteiger partial charge is 0.0449 e. The van der Waals surface area contributed by atoms with Crippen LogP contribution in [0.15, 0.2) is 18.2 Å². The van der Waals surface area contributed by atoms with E-state index < -0.39 is 0 Å². The maximum atomic E-state index is 3.68. The fourth-order valence-electron chi connectivity index (χ4n) is 2.32. The Bertz CT molecular complexity index is 365. The van der Waals surface area contributed by atoms with E-state index >= 15 is 0 Å². The molecule has 2 nitrogen and oxygen atoms in total. The zero-order valence-electron chi connectivity index (χ0n) is 13.5. The summed E-state index contributed by atoms with van der Waals surface area (Å²) >= 11 is 0. The van der Waals surface area contributed by atoms with Crippen LogP contribution in [0, 0.1) is 13.8 Å². The molecule has 108 valence electrons. The number of likely N-dealkylation sites (N-methyl/N-ethyl adjacent to an activating group) is 1. The van der Waals surface area contributed by atoms with E-state index in [0.29, 0.717) is 12.1 Å². The van der Waals surface area contributed by atoms with Gasteiger partial charge in [0.25, 0.3) is 0 Å². The molecule has 1 N–H and O–H groups in total. The van der Waals surface area contributed by atoms with Crippen molar-refractivity contribution in [1.29, 1.82) is 0 Å². The predicted molar refractivity (Wildman–Crippen MR) is 84.7 cm³/mol. The Kier molecular flexibility index (Phi) is 6.53. The first kappa shape index (κ1) is 16.2. The highest BCUT2D eigenvalue weighted by molar-refractivity contribution is 5.31. The average molecular weight is 262 g/mol. The van der Waals surface area contributed by atoms with Crippen molar-refractivity contribution in [3.8, 4) is 0 Å². The Balaban J connectivity index is 2.88. The Morgan fingerprint density at radius 3 is 2.16 bits per heavy atom. The number of benzene rings is 1. The van der Waals surface area contributed by atoms with Gasteiger partial charge in [-0.1, -0.05) is 36.2 Å². The standard InChI is InChI=1S/C17H30N2/c1-7-8-18-17(12-19(6)13(2)3)16-10-14(4)9-15(5)11-16/h9-11,13,17-18H,7-8,12H2,1-6H3. The Hall–Kier alpha value is -0.860. The van der Waals surface area contributed by atoms with E-state index in [9.17, 15) is 0 Å². The minimum atomic E-state index is 0.422. The van der Waals surface area contributed by atoms with Gasteiger partial charge in [-0.25, -0.2) is 0 Å². The monoisotopic (exact) mass is 262 g/mol.